The lowest BCUT2D eigenvalue weighted by Gasteiger charge is -2.10. The second-order valence-corrected chi connectivity index (χ2v) is 6.28. The van der Waals surface area contributed by atoms with Crippen molar-refractivity contribution in [2.24, 2.45) is 0 Å². The molecule has 0 saturated carbocycles. The number of aromatic nitrogens is 2. The van der Waals surface area contributed by atoms with E-state index in [9.17, 15) is 9.18 Å². The second kappa shape index (κ2) is 7.68. The van der Waals surface area contributed by atoms with Gasteiger partial charge in [-0.2, -0.15) is 0 Å². The molecule has 1 heterocycles. The van der Waals surface area contributed by atoms with Crippen LogP contribution in [0.5, 0.6) is 0 Å². The van der Waals surface area contributed by atoms with Crippen LogP contribution in [-0.4, -0.2) is 15.9 Å². The first-order valence-corrected chi connectivity index (χ1v) is 8.31. The van der Waals surface area contributed by atoms with Gasteiger partial charge in [0.2, 0.25) is 0 Å². The number of anilines is 3. The molecule has 0 aliphatic carbocycles. The maximum atomic E-state index is 13.8. The highest BCUT2D eigenvalue weighted by Gasteiger charge is 2.13. The Bertz CT molecular complexity index is 961. The number of carbonyl (C=O) groups excluding carboxylic acids is 1. The van der Waals surface area contributed by atoms with Gasteiger partial charge in [-0.25, -0.2) is 14.4 Å². The normalized spacial score (nSPS) is 10.5. The van der Waals surface area contributed by atoms with Crippen molar-refractivity contribution in [1.82, 2.24) is 9.97 Å². The Hall–Kier alpha value is -2.70. The Morgan fingerprint density at radius 2 is 1.73 bits per heavy atom. The Morgan fingerprint density at radius 1 is 1.04 bits per heavy atom. The first-order valence-electron chi connectivity index (χ1n) is 7.55. The van der Waals surface area contributed by atoms with Crippen LogP contribution in [0.2, 0.25) is 10.0 Å². The van der Waals surface area contributed by atoms with Crippen molar-refractivity contribution < 1.29 is 9.18 Å². The maximum Gasteiger partial charge on any atom is 0.274 e. The SMILES string of the molecule is Cc1nc(Nc2ccccc2F)cc(C(=O)Nc2cc(Cl)cc(Cl)c2)n1. The summed E-state index contributed by atoms with van der Waals surface area (Å²) < 4.78 is 13.8. The third kappa shape index (κ3) is 4.47. The number of hydrogen-bond donors (Lipinski definition) is 2. The topological polar surface area (TPSA) is 66.9 Å². The zero-order valence-electron chi connectivity index (χ0n) is 13.6. The summed E-state index contributed by atoms with van der Waals surface area (Å²) >= 11 is 11.9. The zero-order valence-corrected chi connectivity index (χ0v) is 15.1. The van der Waals surface area contributed by atoms with E-state index in [-0.39, 0.29) is 11.4 Å². The van der Waals surface area contributed by atoms with Gasteiger partial charge in [-0.05, 0) is 37.3 Å². The summed E-state index contributed by atoms with van der Waals surface area (Å²) in [4.78, 5) is 20.8. The van der Waals surface area contributed by atoms with Gasteiger partial charge in [-0.15, -0.1) is 0 Å². The number of para-hydroxylation sites is 1. The first kappa shape index (κ1) is 18.1. The van der Waals surface area contributed by atoms with Crippen LogP contribution < -0.4 is 10.6 Å². The number of aryl methyl sites for hydroxylation is 1. The molecular formula is C18H13Cl2FN4O. The molecule has 1 amide bonds. The highest BCUT2D eigenvalue weighted by Crippen LogP contribution is 2.23. The van der Waals surface area contributed by atoms with Gasteiger partial charge in [-0.3, -0.25) is 4.79 Å². The smallest absolute Gasteiger partial charge is 0.274 e. The van der Waals surface area contributed by atoms with E-state index in [4.69, 9.17) is 23.2 Å². The Morgan fingerprint density at radius 3 is 2.42 bits per heavy atom. The van der Waals surface area contributed by atoms with E-state index in [0.29, 0.717) is 27.4 Å². The lowest BCUT2D eigenvalue weighted by Crippen LogP contribution is -2.15. The first-order chi connectivity index (χ1) is 12.4. The molecule has 0 aliphatic heterocycles. The fourth-order valence-electron chi connectivity index (χ4n) is 2.27. The summed E-state index contributed by atoms with van der Waals surface area (Å²) in [7, 11) is 0. The molecule has 0 fully saturated rings. The number of rotatable bonds is 4. The minimum atomic E-state index is -0.467. The third-order valence-electron chi connectivity index (χ3n) is 3.33. The van der Waals surface area contributed by atoms with E-state index >= 15 is 0 Å². The summed E-state index contributed by atoms with van der Waals surface area (Å²) in [6, 6.07) is 12.3. The van der Waals surface area contributed by atoms with Crippen molar-refractivity contribution in [2.75, 3.05) is 10.6 Å². The molecule has 3 rings (SSSR count). The molecule has 0 bridgehead atoms. The molecule has 0 unspecified atom stereocenters. The van der Waals surface area contributed by atoms with Crippen LogP contribution in [-0.2, 0) is 0 Å². The molecule has 0 atom stereocenters. The van der Waals surface area contributed by atoms with Gasteiger partial charge >= 0.3 is 0 Å². The number of carbonyl (C=O) groups is 1. The average molecular weight is 391 g/mol. The summed E-state index contributed by atoms with van der Waals surface area (Å²) in [5.41, 5.74) is 0.804. The van der Waals surface area contributed by atoms with Crippen LogP contribution >= 0.6 is 23.2 Å². The molecule has 0 saturated heterocycles. The van der Waals surface area contributed by atoms with Crippen LogP contribution in [0.15, 0.2) is 48.5 Å². The van der Waals surface area contributed by atoms with Crippen molar-refractivity contribution in [3.63, 3.8) is 0 Å². The molecule has 5 nitrogen and oxygen atoms in total. The Kier molecular flexibility index (Phi) is 5.35. The maximum absolute atomic E-state index is 13.8. The van der Waals surface area contributed by atoms with E-state index in [1.54, 1.807) is 43.3 Å². The van der Waals surface area contributed by atoms with Gasteiger partial charge in [-0.1, -0.05) is 35.3 Å². The van der Waals surface area contributed by atoms with E-state index < -0.39 is 11.7 Å². The fraction of sp³-hybridized carbons (Fsp3) is 0.0556. The molecular weight excluding hydrogens is 378 g/mol. The van der Waals surface area contributed by atoms with Crippen LogP contribution in [0.1, 0.15) is 16.3 Å². The number of benzene rings is 2. The molecule has 2 N–H and O–H groups in total. The second-order valence-electron chi connectivity index (χ2n) is 5.40. The van der Waals surface area contributed by atoms with Crippen LogP contribution in [0.25, 0.3) is 0 Å². The van der Waals surface area contributed by atoms with Gasteiger partial charge in [0.15, 0.2) is 0 Å². The summed E-state index contributed by atoms with van der Waals surface area (Å²) in [5.74, 6) is -0.230. The lowest BCUT2D eigenvalue weighted by molar-refractivity contribution is 0.102. The standard InChI is InChI=1S/C18H13Cl2FN4O/c1-10-22-16(18(26)24-13-7-11(19)6-12(20)8-13)9-17(23-10)25-15-5-3-2-4-14(15)21/h2-9H,1H3,(H,24,26)(H,22,23,25). The van der Waals surface area contributed by atoms with E-state index in [2.05, 4.69) is 20.6 Å². The number of nitrogens with one attached hydrogen (secondary N) is 2. The molecule has 2 aromatic carbocycles. The molecule has 132 valence electrons. The predicted molar refractivity (Wildman–Crippen MR) is 101 cm³/mol. The van der Waals surface area contributed by atoms with Gasteiger partial charge in [0.25, 0.3) is 5.91 Å². The van der Waals surface area contributed by atoms with Gasteiger partial charge in [0.05, 0.1) is 5.69 Å². The van der Waals surface area contributed by atoms with E-state index in [1.165, 1.54) is 12.1 Å². The van der Waals surface area contributed by atoms with Crippen molar-refractivity contribution in [3.8, 4) is 0 Å². The molecule has 8 heteroatoms. The van der Waals surface area contributed by atoms with Gasteiger partial charge < -0.3 is 10.6 Å². The summed E-state index contributed by atoms with van der Waals surface area (Å²) in [6.07, 6.45) is 0. The van der Waals surface area contributed by atoms with Gasteiger partial charge in [0.1, 0.15) is 23.2 Å². The van der Waals surface area contributed by atoms with Crippen LogP contribution in [0.4, 0.5) is 21.6 Å². The van der Waals surface area contributed by atoms with Gasteiger partial charge in [0, 0.05) is 21.8 Å². The third-order valence-corrected chi connectivity index (χ3v) is 3.76. The van der Waals surface area contributed by atoms with Crippen molar-refractivity contribution in [3.05, 3.63) is 75.9 Å². The number of halogens is 3. The minimum absolute atomic E-state index is 0.118. The largest absolute Gasteiger partial charge is 0.338 e. The lowest BCUT2D eigenvalue weighted by atomic mass is 10.2. The number of hydrogen-bond acceptors (Lipinski definition) is 4. The Balaban J connectivity index is 1.84. The molecule has 0 aliphatic rings. The highest BCUT2D eigenvalue weighted by molar-refractivity contribution is 6.35. The number of nitrogens with zero attached hydrogens (tertiary/aromatic N) is 2. The number of amides is 1. The summed E-state index contributed by atoms with van der Waals surface area (Å²) in [5, 5.41) is 6.31. The van der Waals surface area contributed by atoms with Crippen LogP contribution in [0.3, 0.4) is 0 Å². The molecule has 0 radical (unpaired) electrons. The molecule has 3 aromatic rings. The van der Waals surface area contributed by atoms with Crippen molar-refractivity contribution in [1.29, 1.82) is 0 Å². The molecule has 0 spiro atoms. The van der Waals surface area contributed by atoms with Crippen molar-refractivity contribution >= 4 is 46.3 Å². The van der Waals surface area contributed by atoms with E-state index in [1.807, 2.05) is 0 Å². The predicted octanol–water partition coefficient (Wildman–Crippen LogP) is 5.23. The average Bonchev–Trinajstić information content (AvgIpc) is 2.55. The minimum Gasteiger partial charge on any atom is -0.338 e. The summed E-state index contributed by atoms with van der Waals surface area (Å²) in [6.45, 7) is 1.64. The molecule has 1 aromatic heterocycles. The zero-order chi connectivity index (χ0) is 18.7. The fourth-order valence-corrected chi connectivity index (χ4v) is 2.80. The molecule has 26 heavy (non-hydrogen) atoms. The highest BCUT2D eigenvalue weighted by atomic mass is 35.5. The van der Waals surface area contributed by atoms with Crippen LogP contribution in [0, 0.1) is 12.7 Å². The monoisotopic (exact) mass is 390 g/mol. The van der Waals surface area contributed by atoms with Crippen molar-refractivity contribution in [2.45, 2.75) is 6.92 Å². The quantitative estimate of drug-likeness (QED) is 0.640. The Labute approximate surface area is 159 Å². The van der Waals surface area contributed by atoms with E-state index in [0.717, 1.165) is 0 Å².